The summed E-state index contributed by atoms with van der Waals surface area (Å²) in [4.78, 5) is 14.3. The first-order valence-electron chi connectivity index (χ1n) is 7.61. The Morgan fingerprint density at radius 3 is 2.65 bits per heavy atom. The lowest BCUT2D eigenvalue weighted by Gasteiger charge is -2.31. The second-order valence-electron chi connectivity index (χ2n) is 5.37. The molecule has 1 N–H and O–H groups in total. The van der Waals surface area contributed by atoms with Crippen LogP contribution in [0, 0.1) is 5.92 Å². The highest BCUT2D eigenvalue weighted by molar-refractivity contribution is 5.92. The van der Waals surface area contributed by atoms with Crippen LogP contribution < -0.4 is 5.32 Å². The van der Waals surface area contributed by atoms with E-state index < -0.39 is 0 Å². The van der Waals surface area contributed by atoms with Gasteiger partial charge in [0.25, 0.3) is 5.91 Å². The molecular weight excluding hydrogens is 252 g/mol. The average molecular weight is 276 g/mol. The maximum Gasteiger partial charge on any atom is 0.274 e. The van der Waals surface area contributed by atoms with Crippen LogP contribution in [-0.4, -0.2) is 40.6 Å². The number of nitrogens with zero attached hydrogens (tertiary/aromatic N) is 3. The van der Waals surface area contributed by atoms with Crippen molar-refractivity contribution in [3.05, 3.63) is 17.8 Å². The summed E-state index contributed by atoms with van der Waals surface area (Å²) < 4.78 is 0. The lowest BCUT2D eigenvalue weighted by Crippen LogP contribution is -2.37. The fourth-order valence-electron chi connectivity index (χ4n) is 2.30. The zero-order valence-electron chi connectivity index (χ0n) is 12.4. The maximum absolute atomic E-state index is 12.4. The maximum atomic E-state index is 12.4. The van der Waals surface area contributed by atoms with E-state index in [1.165, 1.54) is 19.3 Å². The van der Waals surface area contributed by atoms with Crippen LogP contribution in [0.2, 0.25) is 0 Å². The number of hydrogen-bond donors (Lipinski definition) is 1. The molecule has 0 radical (unpaired) electrons. The Morgan fingerprint density at radius 1 is 1.35 bits per heavy atom. The van der Waals surface area contributed by atoms with Crippen molar-refractivity contribution in [2.24, 2.45) is 5.92 Å². The SMILES string of the molecule is CCCNc1ccc(C(=O)N(CC)CC2CCC2)nn1. The Kier molecular flexibility index (Phi) is 5.32. The molecule has 0 saturated heterocycles. The van der Waals surface area contributed by atoms with Crippen molar-refractivity contribution < 1.29 is 4.79 Å². The fourth-order valence-corrected chi connectivity index (χ4v) is 2.30. The first-order chi connectivity index (χ1) is 9.74. The highest BCUT2D eigenvalue weighted by Crippen LogP contribution is 2.27. The molecule has 0 aliphatic heterocycles. The Hall–Kier alpha value is -1.65. The minimum atomic E-state index is -0.00561. The van der Waals surface area contributed by atoms with Gasteiger partial charge in [-0.15, -0.1) is 10.2 Å². The van der Waals surface area contributed by atoms with Crippen LogP contribution in [0.3, 0.4) is 0 Å². The zero-order valence-corrected chi connectivity index (χ0v) is 12.4. The largest absolute Gasteiger partial charge is 0.369 e. The van der Waals surface area contributed by atoms with Gasteiger partial charge in [-0.05, 0) is 44.2 Å². The van der Waals surface area contributed by atoms with Gasteiger partial charge in [0, 0.05) is 19.6 Å². The summed E-state index contributed by atoms with van der Waals surface area (Å²) in [6, 6.07) is 3.59. The number of carbonyl (C=O) groups is 1. The van der Waals surface area contributed by atoms with Gasteiger partial charge >= 0.3 is 0 Å². The molecule has 0 atom stereocenters. The van der Waals surface area contributed by atoms with Crippen LogP contribution in [0.4, 0.5) is 5.82 Å². The monoisotopic (exact) mass is 276 g/mol. The summed E-state index contributed by atoms with van der Waals surface area (Å²) in [6.07, 6.45) is 4.83. The lowest BCUT2D eigenvalue weighted by atomic mass is 9.85. The number of nitrogens with one attached hydrogen (secondary N) is 1. The molecule has 1 fully saturated rings. The predicted octanol–water partition coefficient (Wildman–Crippen LogP) is 2.56. The molecule has 1 aromatic heterocycles. The smallest absolute Gasteiger partial charge is 0.274 e. The highest BCUT2D eigenvalue weighted by Gasteiger charge is 2.24. The molecule has 20 heavy (non-hydrogen) atoms. The van der Waals surface area contributed by atoms with E-state index in [2.05, 4.69) is 22.4 Å². The Labute approximate surface area is 120 Å². The standard InChI is InChI=1S/C15H24N4O/c1-3-10-16-14-9-8-13(17-18-14)15(20)19(4-2)11-12-6-5-7-12/h8-9,12H,3-7,10-11H2,1-2H3,(H,16,18). The van der Waals surface area contributed by atoms with E-state index in [0.717, 1.165) is 31.9 Å². The van der Waals surface area contributed by atoms with Gasteiger partial charge < -0.3 is 10.2 Å². The molecule has 5 nitrogen and oxygen atoms in total. The van der Waals surface area contributed by atoms with Crippen molar-refractivity contribution in [2.45, 2.75) is 39.5 Å². The van der Waals surface area contributed by atoms with Gasteiger partial charge in [0.15, 0.2) is 5.69 Å². The predicted molar refractivity (Wildman–Crippen MR) is 79.7 cm³/mol. The molecule has 0 unspecified atom stereocenters. The van der Waals surface area contributed by atoms with Gasteiger partial charge in [-0.2, -0.15) is 0 Å². The first kappa shape index (κ1) is 14.8. The van der Waals surface area contributed by atoms with Gasteiger partial charge in [0.2, 0.25) is 0 Å². The number of amides is 1. The number of aromatic nitrogens is 2. The molecule has 1 saturated carbocycles. The number of anilines is 1. The van der Waals surface area contributed by atoms with Crippen molar-refractivity contribution in [2.75, 3.05) is 25.0 Å². The summed E-state index contributed by atoms with van der Waals surface area (Å²) in [5.74, 6) is 1.40. The van der Waals surface area contributed by atoms with E-state index in [9.17, 15) is 4.79 Å². The molecule has 0 bridgehead atoms. The Balaban J connectivity index is 1.95. The molecule has 0 spiro atoms. The third-order valence-electron chi connectivity index (χ3n) is 3.81. The highest BCUT2D eigenvalue weighted by atomic mass is 16.2. The molecular formula is C15H24N4O. The van der Waals surface area contributed by atoms with Crippen LogP contribution >= 0.6 is 0 Å². The molecule has 110 valence electrons. The van der Waals surface area contributed by atoms with Crippen molar-refractivity contribution >= 4 is 11.7 Å². The topological polar surface area (TPSA) is 58.1 Å². The summed E-state index contributed by atoms with van der Waals surface area (Å²) in [5, 5.41) is 11.3. The zero-order chi connectivity index (χ0) is 14.4. The minimum absolute atomic E-state index is 0.00561. The second kappa shape index (κ2) is 7.22. The van der Waals surface area contributed by atoms with Gasteiger partial charge in [0.1, 0.15) is 5.82 Å². The molecule has 1 heterocycles. The van der Waals surface area contributed by atoms with Crippen LogP contribution in [-0.2, 0) is 0 Å². The van der Waals surface area contributed by atoms with Crippen molar-refractivity contribution in [3.8, 4) is 0 Å². The van der Waals surface area contributed by atoms with E-state index in [1.807, 2.05) is 17.9 Å². The minimum Gasteiger partial charge on any atom is -0.369 e. The average Bonchev–Trinajstić information content (AvgIpc) is 2.44. The molecule has 2 rings (SSSR count). The van der Waals surface area contributed by atoms with E-state index >= 15 is 0 Å². The van der Waals surface area contributed by atoms with Crippen LogP contribution in [0.25, 0.3) is 0 Å². The Morgan fingerprint density at radius 2 is 2.15 bits per heavy atom. The normalized spacial score (nSPS) is 14.7. The van der Waals surface area contributed by atoms with Crippen molar-refractivity contribution in [1.82, 2.24) is 15.1 Å². The van der Waals surface area contributed by atoms with Crippen molar-refractivity contribution in [1.29, 1.82) is 0 Å². The van der Waals surface area contributed by atoms with Crippen LogP contribution in [0.5, 0.6) is 0 Å². The van der Waals surface area contributed by atoms with Gasteiger partial charge in [-0.3, -0.25) is 4.79 Å². The second-order valence-corrected chi connectivity index (χ2v) is 5.37. The summed E-state index contributed by atoms with van der Waals surface area (Å²) in [5.41, 5.74) is 0.438. The van der Waals surface area contributed by atoms with Gasteiger partial charge in [-0.1, -0.05) is 13.3 Å². The summed E-state index contributed by atoms with van der Waals surface area (Å²) in [7, 11) is 0. The quantitative estimate of drug-likeness (QED) is 0.831. The Bertz CT molecular complexity index is 428. The van der Waals surface area contributed by atoms with E-state index in [0.29, 0.717) is 11.6 Å². The molecule has 1 aromatic rings. The molecule has 1 amide bonds. The summed E-state index contributed by atoms with van der Waals surface area (Å²) in [6.45, 7) is 6.56. The number of hydrogen-bond acceptors (Lipinski definition) is 4. The van der Waals surface area contributed by atoms with Gasteiger partial charge in [-0.25, -0.2) is 0 Å². The lowest BCUT2D eigenvalue weighted by molar-refractivity contribution is 0.0699. The van der Waals surface area contributed by atoms with E-state index in [4.69, 9.17) is 0 Å². The number of rotatable bonds is 7. The third kappa shape index (κ3) is 3.68. The summed E-state index contributed by atoms with van der Waals surface area (Å²) >= 11 is 0. The van der Waals surface area contributed by atoms with Crippen LogP contribution in [0.1, 0.15) is 50.0 Å². The fraction of sp³-hybridized carbons (Fsp3) is 0.667. The van der Waals surface area contributed by atoms with Crippen molar-refractivity contribution in [3.63, 3.8) is 0 Å². The van der Waals surface area contributed by atoms with E-state index in [1.54, 1.807) is 6.07 Å². The third-order valence-corrected chi connectivity index (χ3v) is 3.81. The van der Waals surface area contributed by atoms with Crippen LogP contribution in [0.15, 0.2) is 12.1 Å². The molecule has 5 heteroatoms. The first-order valence-corrected chi connectivity index (χ1v) is 7.61. The molecule has 0 aromatic carbocycles. The van der Waals surface area contributed by atoms with E-state index in [-0.39, 0.29) is 5.91 Å². The number of carbonyl (C=O) groups excluding carboxylic acids is 1. The molecule has 1 aliphatic carbocycles. The molecule has 1 aliphatic rings. The van der Waals surface area contributed by atoms with Gasteiger partial charge in [0.05, 0.1) is 0 Å².